The van der Waals surface area contributed by atoms with Crippen LogP contribution in [0.3, 0.4) is 0 Å². The fourth-order valence-corrected chi connectivity index (χ4v) is 3.00. The molecule has 0 spiro atoms. The van der Waals surface area contributed by atoms with Crippen LogP contribution in [0.5, 0.6) is 0 Å². The summed E-state index contributed by atoms with van der Waals surface area (Å²) < 4.78 is 5.45. The Labute approximate surface area is 104 Å². The first kappa shape index (κ1) is 10.7. The maximum absolute atomic E-state index is 5.45. The van der Waals surface area contributed by atoms with Crippen LogP contribution in [0.2, 0.25) is 0 Å². The molecule has 4 nitrogen and oxygen atoms in total. The number of aryl methyl sites for hydroxylation is 1. The number of anilines is 1. The van der Waals surface area contributed by atoms with Crippen molar-refractivity contribution in [3.8, 4) is 11.6 Å². The monoisotopic (exact) mass is 247 g/mol. The molecule has 1 aliphatic rings. The van der Waals surface area contributed by atoms with Gasteiger partial charge in [-0.2, -0.15) is 11.8 Å². The molecule has 0 bridgehead atoms. The highest BCUT2D eigenvalue weighted by molar-refractivity contribution is 7.98. The van der Waals surface area contributed by atoms with Gasteiger partial charge in [0, 0.05) is 24.1 Å². The zero-order valence-electron chi connectivity index (χ0n) is 9.78. The van der Waals surface area contributed by atoms with E-state index in [1.807, 2.05) is 31.8 Å². The number of aromatic nitrogens is 2. The predicted octanol–water partition coefficient (Wildman–Crippen LogP) is 2.83. The van der Waals surface area contributed by atoms with Crippen LogP contribution in [0.1, 0.15) is 16.8 Å². The number of hydrogen-bond acceptors (Lipinski definition) is 5. The van der Waals surface area contributed by atoms with Gasteiger partial charge in [0.05, 0.1) is 12.0 Å². The summed E-state index contributed by atoms with van der Waals surface area (Å²) in [7, 11) is 1.89. The average Bonchev–Trinajstić information content (AvgIpc) is 2.95. The average molecular weight is 247 g/mol. The maximum atomic E-state index is 5.45. The van der Waals surface area contributed by atoms with Crippen molar-refractivity contribution in [3.05, 3.63) is 29.2 Å². The highest BCUT2D eigenvalue weighted by Crippen LogP contribution is 2.34. The predicted molar refractivity (Wildman–Crippen MR) is 69.0 cm³/mol. The van der Waals surface area contributed by atoms with Gasteiger partial charge in [-0.25, -0.2) is 9.97 Å². The number of nitrogens with one attached hydrogen (secondary N) is 1. The fourth-order valence-electron chi connectivity index (χ4n) is 1.96. The molecule has 0 atom stereocenters. The molecule has 0 unspecified atom stereocenters. The molecule has 0 saturated heterocycles. The summed E-state index contributed by atoms with van der Waals surface area (Å²) in [5, 5.41) is 3.14. The lowest BCUT2D eigenvalue weighted by molar-refractivity contribution is 0.575. The van der Waals surface area contributed by atoms with Gasteiger partial charge in [-0.3, -0.25) is 0 Å². The lowest BCUT2D eigenvalue weighted by Gasteiger charge is -2.07. The normalized spacial score (nSPS) is 13.8. The van der Waals surface area contributed by atoms with Crippen molar-refractivity contribution in [1.82, 2.24) is 9.97 Å². The number of nitrogens with zero attached hydrogens (tertiary/aromatic N) is 2. The van der Waals surface area contributed by atoms with Crippen molar-refractivity contribution in [3.63, 3.8) is 0 Å². The summed E-state index contributed by atoms with van der Waals surface area (Å²) in [5.74, 6) is 4.31. The van der Waals surface area contributed by atoms with Crippen LogP contribution in [0, 0.1) is 6.92 Å². The van der Waals surface area contributed by atoms with E-state index in [0.29, 0.717) is 5.82 Å². The summed E-state index contributed by atoms with van der Waals surface area (Å²) >= 11 is 1.87. The summed E-state index contributed by atoms with van der Waals surface area (Å²) in [6.45, 7) is 2.00. The van der Waals surface area contributed by atoms with Gasteiger partial charge in [0.15, 0.2) is 11.6 Å². The van der Waals surface area contributed by atoms with E-state index in [4.69, 9.17) is 4.42 Å². The Morgan fingerprint density at radius 3 is 2.94 bits per heavy atom. The van der Waals surface area contributed by atoms with Crippen LogP contribution >= 0.6 is 11.8 Å². The molecular weight excluding hydrogens is 234 g/mol. The van der Waals surface area contributed by atoms with Crippen molar-refractivity contribution in [2.75, 3.05) is 12.4 Å². The Balaban J connectivity index is 2.16. The van der Waals surface area contributed by atoms with E-state index in [0.717, 1.165) is 34.3 Å². The van der Waals surface area contributed by atoms with Crippen molar-refractivity contribution in [2.24, 2.45) is 0 Å². The second-order valence-electron chi connectivity index (χ2n) is 4.00. The molecule has 3 heterocycles. The van der Waals surface area contributed by atoms with E-state index in [-0.39, 0.29) is 0 Å². The first-order chi connectivity index (χ1) is 8.29. The number of furan rings is 1. The number of hydrogen-bond donors (Lipinski definition) is 1. The first-order valence-electron chi connectivity index (χ1n) is 5.49. The summed E-state index contributed by atoms with van der Waals surface area (Å²) in [6.07, 6.45) is 1.68. The minimum absolute atomic E-state index is 0.679. The molecule has 2 aromatic heterocycles. The molecule has 0 saturated carbocycles. The van der Waals surface area contributed by atoms with Crippen molar-refractivity contribution < 1.29 is 4.42 Å². The third kappa shape index (κ3) is 1.70. The van der Waals surface area contributed by atoms with Gasteiger partial charge in [0.2, 0.25) is 0 Å². The van der Waals surface area contributed by atoms with Gasteiger partial charge in [-0.15, -0.1) is 0 Å². The van der Waals surface area contributed by atoms with E-state index in [1.165, 1.54) is 5.56 Å². The molecule has 17 heavy (non-hydrogen) atoms. The standard InChI is InChI=1S/C12H13N3OS/c1-7-3-4-16-10(7)12-14-9-6-17-5-8(9)11(13-2)15-12/h3-4H,5-6H2,1-2H3,(H,13,14,15). The smallest absolute Gasteiger partial charge is 0.198 e. The lowest BCUT2D eigenvalue weighted by atomic mass is 10.2. The quantitative estimate of drug-likeness (QED) is 0.884. The first-order valence-corrected chi connectivity index (χ1v) is 6.65. The fraction of sp³-hybridized carbons (Fsp3) is 0.333. The largest absolute Gasteiger partial charge is 0.461 e. The number of rotatable bonds is 2. The Hall–Kier alpha value is -1.49. The minimum atomic E-state index is 0.679. The van der Waals surface area contributed by atoms with Crippen LogP contribution in [0.4, 0.5) is 5.82 Å². The lowest BCUT2D eigenvalue weighted by Crippen LogP contribution is -2.03. The number of thioether (sulfide) groups is 1. The topological polar surface area (TPSA) is 51.0 Å². The zero-order valence-corrected chi connectivity index (χ0v) is 10.6. The van der Waals surface area contributed by atoms with Gasteiger partial charge in [-0.05, 0) is 18.6 Å². The highest BCUT2D eigenvalue weighted by atomic mass is 32.2. The van der Waals surface area contributed by atoms with Gasteiger partial charge in [0.1, 0.15) is 5.82 Å². The maximum Gasteiger partial charge on any atom is 0.198 e. The second kappa shape index (κ2) is 4.07. The van der Waals surface area contributed by atoms with E-state index >= 15 is 0 Å². The molecule has 88 valence electrons. The summed E-state index contributed by atoms with van der Waals surface area (Å²) in [5.41, 5.74) is 3.42. The second-order valence-corrected chi connectivity index (χ2v) is 4.98. The third-order valence-corrected chi connectivity index (χ3v) is 3.85. The van der Waals surface area contributed by atoms with Crippen LogP contribution in [-0.4, -0.2) is 17.0 Å². The molecule has 0 aliphatic carbocycles. The van der Waals surface area contributed by atoms with E-state index < -0.39 is 0 Å². The summed E-state index contributed by atoms with van der Waals surface area (Å²) in [6, 6.07) is 1.93. The van der Waals surface area contributed by atoms with Crippen LogP contribution < -0.4 is 5.32 Å². The molecule has 0 fully saturated rings. The van der Waals surface area contributed by atoms with Gasteiger partial charge >= 0.3 is 0 Å². The Morgan fingerprint density at radius 1 is 1.35 bits per heavy atom. The summed E-state index contributed by atoms with van der Waals surface area (Å²) in [4.78, 5) is 9.14. The molecule has 1 N–H and O–H groups in total. The van der Waals surface area contributed by atoms with Crippen molar-refractivity contribution in [2.45, 2.75) is 18.4 Å². The molecule has 3 rings (SSSR count). The van der Waals surface area contributed by atoms with Crippen molar-refractivity contribution >= 4 is 17.6 Å². The molecule has 0 amide bonds. The van der Waals surface area contributed by atoms with E-state index in [2.05, 4.69) is 15.3 Å². The van der Waals surface area contributed by atoms with Crippen LogP contribution in [0.25, 0.3) is 11.6 Å². The molecule has 1 aliphatic heterocycles. The molecular formula is C12H13N3OS. The molecule has 0 radical (unpaired) electrons. The van der Waals surface area contributed by atoms with Crippen LogP contribution in [-0.2, 0) is 11.5 Å². The Kier molecular flexibility index (Phi) is 2.55. The van der Waals surface area contributed by atoms with Crippen LogP contribution in [0.15, 0.2) is 16.7 Å². The zero-order chi connectivity index (χ0) is 11.8. The minimum Gasteiger partial charge on any atom is -0.461 e. The van der Waals surface area contributed by atoms with E-state index in [1.54, 1.807) is 6.26 Å². The molecule has 0 aromatic carbocycles. The molecule has 2 aromatic rings. The highest BCUT2D eigenvalue weighted by Gasteiger charge is 2.21. The molecule has 5 heteroatoms. The van der Waals surface area contributed by atoms with Gasteiger partial charge < -0.3 is 9.73 Å². The van der Waals surface area contributed by atoms with Gasteiger partial charge in [-0.1, -0.05) is 0 Å². The Morgan fingerprint density at radius 2 is 2.24 bits per heavy atom. The van der Waals surface area contributed by atoms with Gasteiger partial charge in [0.25, 0.3) is 0 Å². The van der Waals surface area contributed by atoms with E-state index in [9.17, 15) is 0 Å². The van der Waals surface area contributed by atoms with Crippen molar-refractivity contribution in [1.29, 1.82) is 0 Å². The SMILES string of the molecule is CNc1nc(-c2occc2C)nc2c1CSC2. The third-order valence-electron chi connectivity index (χ3n) is 2.88. The Bertz CT molecular complexity index is 565. The number of fused-ring (bicyclic) bond motifs is 1.